The van der Waals surface area contributed by atoms with Crippen LogP contribution in [0.2, 0.25) is 0 Å². The summed E-state index contributed by atoms with van der Waals surface area (Å²) in [5.74, 6) is 3.64. The number of nitriles is 7. The van der Waals surface area contributed by atoms with Gasteiger partial charge in [-0.15, -0.1) is 0 Å². The van der Waals surface area contributed by atoms with Crippen LogP contribution in [0.25, 0.3) is 0 Å². The number of rotatable bonds is 7. The Bertz CT molecular complexity index is 2610. The highest BCUT2D eigenvalue weighted by Gasteiger charge is 2.06. The van der Waals surface area contributed by atoms with Gasteiger partial charge in [0.25, 0.3) is 0 Å². The molecule has 0 saturated carbocycles. The average molecular weight is 1450 g/mol. The highest BCUT2D eigenvalue weighted by Crippen LogP contribution is 2.16. The zero-order chi connectivity index (χ0) is 85.9. The van der Waals surface area contributed by atoms with Gasteiger partial charge < -0.3 is 0 Å². The third-order valence-corrected chi connectivity index (χ3v) is 10.2. The van der Waals surface area contributed by atoms with Gasteiger partial charge >= 0.3 is 0 Å². The van der Waals surface area contributed by atoms with Gasteiger partial charge in [0.2, 0.25) is 5.82 Å². The quantitative estimate of drug-likeness (QED) is 0.143. The van der Waals surface area contributed by atoms with Crippen LogP contribution in [0.5, 0.6) is 0 Å². The van der Waals surface area contributed by atoms with Crippen molar-refractivity contribution >= 4 is 0 Å². The summed E-state index contributed by atoms with van der Waals surface area (Å²) in [6, 6.07) is 33.8. The van der Waals surface area contributed by atoms with Gasteiger partial charge in [0.05, 0.1) is 17.2 Å². The van der Waals surface area contributed by atoms with Gasteiger partial charge in [0, 0.05) is 65.9 Å². The third-order valence-electron chi connectivity index (χ3n) is 10.2. The molecule has 0 radical (unpaired) electrons. The molecule has 17 nitrogen and oxygen atoms in total. The minimum atomic E-state index is 0.246. The molecule has 7 rings (SSSR count). The lowest BCUT2D eigenvalue weighted by molar-refractivity contribution is 0.771. The van der Waals surface area contributed by atoms with Crippen LogP contribution in [0.4, 0.5) is 0 Å². The Morgan fingerprint density at radius 3 is 1.05 bits per heavy atom. The Morgan fingerprint density at radius 2 is 0.648 bits per heavy atom. The summed E-state index contributed by atoms with van der Waals surface area (Å²) in [5, 5.41) is 59.7. The lowest BCUT2D eigenvalue weighted by atomic mass is 10.0. The fourth-order valence-electron chi connectivity index (χ4n) is 5.58. The number of pyridine rings is 4. The van der Waals surface area contributed by atoms with E-state index in [-0.39, 0.29) is 11.7 Å². The SMILES string of the molecule is CC.CC.CC.CC.CC.CC.CC.CC.CC.CC.CC.CC.CC.CC.CC(C)c1cc(C#N)ccn1.CC(C)c1cc(C#N)ncn1.CC(C)c1cccc(C#N)n1.CC(C)c1ccnc(C#N)c1.CC(C)c1ccnc(C#N)n1.CC(C)c1cncc(C#N)c1.CC(C)c1nccc(C#N)n1. The first kappa shape index (κ1) is 128. The van der Waals surface area contributed by atoms with E-state index in [0.717, 1.165) is 39.7 Å². The second-order valence-electron chi connectivity index (χ2n) is 18.7. The minimum absolute atomic E-state index is 0.246. The van der Waals surface area contributed by atoms with Gasteiger partial charge in [0.1, 0.15) is 71.3 Å². The number of hydrogen-bond donors (Lipinski definition) is 0. The van der Waals surface area contributed by atoms with Crippen molar-refractivity contribution in [3.05, 3.63) is 190 Å². The Kier molecular flexibility index (Phi) is 128. The van der Waals surface area contributed by atoms with E-state index in [9.17, 15) is 0 Å². The Morgan fingerprint density at radius 1 is 0.257 bits per heavy atom. The molecule has 0 atom stereocenters. The number of aromatic nitrogens is 10. The fraction of sp³-hybridized carbons (Fsp3) is 0.557. The van der Waals surface area contributed by atoms with Gasteiger partial charge in [-0.3, -0.25) is 9.97 Å². The summed E-state index contributed by atoms with van der Waals surface area (Å²) in [6.07, 6.45) is 11.4. The summed E-state index contributed by atoms with van der Waals surface area (Å²) in [7, 11) is 0. The first-order valence-electron chi connectivity index (χ1n) is 38.8. The van der Waals surface area contributed by atoms with Crippen molar-refractivity contribution in [1.82, 2.24) is 49.8 Å². The molecular weight excluding hydrogens is 1300 g/mol. The number of hydrogen-bond acceptors (Lipinski definition) is 17. The van der Waals surface area contributed by atoms with Gasteiger partial charge in [0.15, 0.2) is 0 Å². The topological polar surface area (TPSA) is 295 Å². The summed E-state index contributed by atoms with van der Waals surface area (Å²) < 4.78 is 0. The molecule has 17 heteroatoms. The average Bonchev–Trinajstić information content (AvgIpc) is 0.986. The molecule has 0 bridgehead atoms. The molecular formula is C88H151N17. The third kappa shape index (κ3) is 76.7. The predicted octanol–water partition coefficient (Wildman–Crippen LogP) is 27.1. The van der Waals surface area contributed by atoms with Gasteiger partial charge in [-0.2, -0.15) is 36.8 Å². The number of nitrogens with zero attached hydrogens (tertiary/aromatic N) is 17. The second-order valence-corrected chi connectivity index (χ2v) is 18.7. The molecule has 588 valence electrons. The predicted molar refractivity (Wildman–Crippen MR) is 454 cm³/mol. The lowest BCUT2D eigenvalue weighted by Gasteiger charge is -2.02. The molecule has 0 amide bonds. The molecule has 0 aliphatic carbocycles. The van der Waals surface area contributed by atoms with Crippen LogP contribution in [0.3, 0.4) is 0 Å². The molecule has 0 aliphatic heterocycles. The summed E-state index contributed by atoms with van der Waals surface area (Å²) >= 11 is 0. The zero-order valence-electron chi connectivity index (χ0n) is 74.5. The van der Waals surface area contributed by atoms with E-state index in [1.807, 2.05) is 308 Å². The van der Waals surface area contributed by atoms with Crippen LogP contribution in [0.15, 0.2) is 110 Å². The monoisotopic (exact) mass is 1450 g/mol. The van der Waals surface area contributed by atoms with Crippen molar-refractivity contribution in [3.63, 3.8) is 0 Å². The lowest BCUT2D eigenvalue weighted by Crippen LogP contribution is -1.97. The second kappa shape index (κ2) is 105. The maximum absolute atomic E-state index is 8.57. The van der Waals surface area contributed by atoms with E-state index in [1.54, 1.807) is 61.4 Å². The normalized spacial score (nSPS) is 7.87. The van der Waals surface area contributed by atoms with Crippen molar-refractivity contribution in [1.29, 1.82) is 36.8 Å². The molecule has 0 aliphatic rings. The van der Waals surface area contributed by atoms with E-state index in [2.05, 4.69) is 117 Å². The first-order chi connectivity index (χ1) is 50.7. The van der Waals surface area contributed by atoms with Crippen molar-refractivity contribution in [2.45, 2.75) is 332 Å². The maximum Gasteiger partial charge on any atom is 0.232 e. The molecule has 0 spiro atoms. The standard InChI is InChI=1S/4C9H10N2.3C8H9N3.14C2H6/c1-7(2)9-3-8(4-10)5-11-6-9;1-7(2)8-3-4-11-9(5-8)6-10;1-7(2)9-5-8(6-10)3-4-11-9;1-7(2)9-5-3-4-8(6-10)11-9;1-6(2)8-3-7(4-9)10-5-11-8;1-6(2)7-3-4-10-8(5-9)11-7;1-6(2)8-10-4-3-7(5-9)11-8;14*1-2/h3,5-7H,1-2H3;3*3-5,7H,1-2H3;3,5-6H,1-2H3;2*3-4,6H,1-2H3;14*1-2H3. The molecule has 7 aromatic heterocycles. The fourth-order valence-corrected chi connectivity index (χ4v) is 5.58. The highest BCUT2D eigenvalue weighted by atomic mass is 14.9. The van der Waals surface area contributed by atoms with Crippen molar-refractivity contribution < 1.29 is 0 Å². The van der Waals surface area contributed by atoms with Crippen molar-refractivity contribution in [3.8, 4) is 42.5 Å². The highest BCUT2D eigenvalue weighted by molar-refractivity contribution is 5.31. The Balaban J connectivity index is -0.0000000724. The van der Waals surface area contributed by atoms with Crippen LogP contribution < -0.4 is 0 Å². The van der Waals surface area contributed by atoms with E-state index in [0.29, 0.717) is 69.4 Å². The largest absolute Gasteiger partial charge is 0.263 e. The van der Waals surface area contributed by atoms with Gasteiger partial charge in [-0.25, -0.2) is 39.9 Å². The molecule has 0 saturated heterocycles. The van der Waals surface area contributed by atoms with Gasteiger partial charge in [-0.05, 0) is 107 Å². The molecule has 105 heavy (non-hydrogen) atoms. The van der Waals surface area contributed by atoms with E-state index in [4.69, 9.17) is 36.8 Å². The van der Waals surface area contributed by atoms with Crippen LogP contribution in [0.1, 0.15) is 412 Å². The molecule has 0 N–H and O–H groups in total. The van der Waals surface area contributed by atoms with E-state index < -0.39 is 0 Å². The molecule has 0 unspecified atom stereocenters. The summed E-state index contributed by atoms with van der Waals surface area (Å²) in [4.78, 5) is 39.7. The molecule has 0 aromatic carbocycles. The molecule has 7 aromatic rings. The maximum atomic E-state index is 8.57. The molecule has 0 fully saturated rings. The zero-order valence-corrected chi connectivity index (χ0v) is 74.5. The minimum Gasteiger partial charge on any atom is -0.263 e. The van der Waals surface area contributed by atoms with Crippen LogP contribution >= 0.6 is 0 Å². The van der Waals surface area contributed by atoms with Crippen molar-refractivity contribution in [2.75, 3.05) is 0 Å². The smallest absolute Gasteiger partial charge is 0.232 e. The summed E-state index contributed by atoms with van der Waals surface area (Å²) in [5.41, 5.74) is 9.24. The Hall–Kier alpha value is -9.73. The van der Waals surface area contributed by atoms with E-state index in [1.165, 1.54) is 6.33 Å². The van der Waals surface area contributed by atoms with Gasteiger partial charge in [-0.1, -0.05) is 297 Å². The first-order valence-corrected chi connectivity index (χ1v) is 38.8. The van der Waals surface area contributed by atoms with E-state index >= 15 is 0 Å². The van der Waals surface area contributed by atoms with Crippen LogP contribution in [-0.2, 0) is 0 Å². The van der Waals surface area contributed by atoms with Crippen LogP contribution in [-0.4, -0.2) is 49.8 Å². The summed E-state index contributed by atoms with van der Waals surface area (Å²) in [6.45, 7) is 84.7. The van der Waals surface area contributed by atoms with Crippen molar-refractivity contribution in [2.24, 2.45) is 0 Å². The Labute approximate surface area is 647 Å². The molecule has 7 heterocycles. The van der Waals surface area contributed by atoms with Crippen LogP contribution in [0, 0.1) is 79.3 Å².